The van der Waals surface area contributed by atoms with E-state index in [1.54, 1.807) is 0 Å². The first-order valence-corrected chi connectivity index (χ1v) is 7.03. The highest BCUT2D eigenvalue weighted by Crippen LogP contribution is 2.32. The van der Waals surface area contributed by atoms with Crippen LogP contribution in [0.5, 0.6) is 0 Å². The third kappa shape index (κ3) is 3.71. The molecule has 0 amide bonds. The molecule has 2 nitrogen and oxygen atoms in total. The molecule has 1 aliphatic rings. The largest absolute Gasteiger partial charge is 0.381 e. The topological polar surface area (TPSA) is 21.3 Å². The fraction of sp³-hybridized carbons (Fsp3) is 0.600. The van der Waals surface area contributed by atoms with Gasteiger partial charge in [-0.1, -0.05) is 37.6 Å². The molecular formula is C15H22ClNO. The van der Waals surface area contributed by atoms with E-state index in [-0.39, 0.29) is 5.41 Å². The molecule has 0 aromatic heterocycles. The summed E-state index contributed by atoms with van der Waals surface area (Å²) in [6.07, 6.45) is 2.16. The molecule has 2 rings (SSSR count). The number of ether oxygens (including phenoxy) is 1. The molecule has 1 heterocycles. The molecule has 0 spiro atoms. The van der Waals surface area contributed by atoms with Gasteiger partial charge in [0.2, 0.25) is 0 Å². The van der Waals surface area contributed by atoms with Gasteiger partial charge in [-0.2, -0.15) is 0 Å². The minimum atomic E-state index is 0.231. The highest BCUT2D eigenvalue weighted by Gasteiger charge is 2.34. The number of rotatable bonds is 5. The van der Waals surface area contributed by atoms with Crippen LogP contribution < -0.4 is 5.32 Å². The maximum Gasteiger partial charge on any atom is 0.0538 e. The lowest BCUT2D eigenvalue weighted by Gasteiger charge is -2.29. The summed E-state index contributed by atoms with van der Waals surface area (Å²) in [5.41, 5.74) is 1.54. The summed E-state index contributed by atoms with van der Waals surface area (Å²) in [5, 5.41) is 4.37. The second kappa shape index (κ2) is 6.05. The molecule has 1 unspecified atom stereocenters. The zero-order valence-corrected chi connectivity index (χ0v) is 12.0. The number of benzene rings is 1. The predicted molar refractivity (Wildman–Crippen MR) is 76.2 cm³/mol. The van der Waals surface area contributed by atoms with Crippen LogP contribution >= 0.6 is 11.6 Å². The van der Waals surface area contributed by atoms with Gasteiger partial charge in [0.15, 0.2) is 0 Å². The van der Waals surface area contributed by atoms with E-state index in [1.165, 1.54) is 5.56 Å². The van der Waals surface area contributed by atoms with Gasteiger partial charge in [-0.05, 0) is 30.5 Å². The average Bonchev–Trinajstić information content (AvgIpc) is 2.76. The van der Waals surface area contributed by atoms with E-state index in [0.717, 1.165) is 37.6 Å². The molecule has 100 valence electrons. The Morgan fingerprint density at radius 2 is 2.28 bits per heavy atom. The van der Waals surface area contributed by atoms with E-state index < -0.39 is 0 Å². The molecule has 1 N–H and O–H groups in total. The minimum absolute atomic E-state index is 0.231. The zero-order chi connectivity index (χ0) is 13.0. The molecule has 0 bridgehead atoms. The van der Waals surface area contributed by atoms with Crippen molar-refractivity contribution in [1.82, 2.24) is 5.32 Å². The van der Waals surface area contributed by atoms with Crippen LogP contribution in [0.4, 0.5) is 0 Å². The van der Waals surface area contributed by atoms with Crippen LogP contribution in [0.25, 0.3) is 0 Å². The molecule has 0 radical (unpaired) electrons. The van der Waals surface area contributed by atoms with E-state index in [1.807, 2.05) is 12.1 Å². The zero-order valence-electron chi connectivity index (χ0n) is 11.2. The number of hydrogen-bond acceptors (Lipinski definition) is 2. The second-order valence-electron chi connectivity index (χ2n) is 5.64. The van der Waals surface area contributed by atoms with E-state index in [4.69, 9.17) is 16.3 Å². The molecule has 1 aliphatic heterocycles. The fourth-order valence-corrected chi connectivity index (χ4v) is 2.70. The Hall–Kier alpha value is -0.570. The van der Waals surface area contributed by atoms with Crippen molar-refractivity contribution in [3.63, 3.8) is 0 Å². The summed E-state index contributed by atoms with van der Waals surface area (Å²) in [6, 6.07) is 8.69. The summed E-state index contributed by atoms with van der Waals surface area (Å²) in [4.78, 5) is 0. The van der Waals surface area contributed by atoms with Gasteiger partial charge in [-0.3, -0.25) is 0 Å². The molecule has 1 saturated heterocycles. The summed E-state index contributed by atoms with van der Waals surface area (Å²) in [5.74, 6) is 0. The Kier molecular flexibility index (Phi) is 4.66. The average molecular weight is 268 g/mol. The molecule has 1 aromatic rings. The van der Waals surface area contributed by atoms with Gasteiger partial charge in [0, 0.05) is 29.6 Å². The van der Waals surface area contributed by atoms with Crippen LogP contribution in [-0.2, 0) is 11.2 Å². The predicted octanol–water partition coefficient (Wildman–Crippen LogP) is 3.29. The van der Waals surface area contributed by atoms with Gasteiger partial charge in [-0.25, -0.2) is 0 Å². The Morgan fingerprint density at radius 3 is 2.89 bits per heavy atom. The Morgan fingerprint density at radius 1 is 1.44 bits per heavy atom. The number of nitrogens with one attached hydrogen (secondary N) is 1. The van der Waals surface area contributed by atoms with Crippen LogP contribution in [0.1, 0.15) is 25.8 Å². The fourth-order valence-electron chi connectivity index (χ4n) is 2.49. The van der Waals surface area contributed by atoms with Gasteiger partial charge in [-0.15, -0.1) is 0 Å². The van der Waals surface area contributed by atoms with Crippen LogP contribution in [0, 0.1) is 5.41 Å². The Balaban J connectivity index is 2.06. The Labute approximate surface area is 115 Å². The van der Waals surface area contributed by atoms with Crippen molar-refractivity contribution in [2.45, 2.75) is 32.7 Å². The van der Waals surface area contributed by atoms with Crippen molar-refractivity contribution < 1.29 is 4.74 Å². The van der Waals surface area contributed by atoms with Crippen LogP contribution in [0.2, 0.25) is 5.02 Å². The molecule has 1 atom stereocenters. The molecule has 1 aromatic carbocycles. The van der Waals surface area contributed by atoms with Crippen molar-refractivity contribution in [2.75, 3.05) is 19.8 Å². The van der Waals surface area contributed by atoms with Crippen molar-refractivity contribution in [2.24, 2.45) is 5.41 Å². The molecule has 1 fully saturated rings. The minimum Gasteiger partial charge on any atom is -0.381 e. The Bertz CT molecular complexity index is 386. The number of hydrogen-bond donors (Lipinski definition) is 1. The SMILES string of the molecule is CC(C)NCC1(Cc2cccc(Cl)c2)CCOC1. The van der Waals surface area contributed by atoms with Gasteiger partial charge in [0.05, 0.1) is 6.61 Å². The van der Waals surface area contributed by atoms with Crippen LogP contribution in [0.15, 0.2) is 24.3 Å². The highest BCUT2D eigenvalue weighted by molar-refractivity contribution is 6.30. The summed E-state index contributed by atoms with van der Waals surface area (Å²) < 4.78 is 5.62. The third-order valence-electron chi connectivity index (χ3n) is 3.54. The van der Waals surface area contributed by atoms with Crippen LogP contribution in [0.3, 0.4) is 0 Å². The van der Waals surface area contributed by atoms with E-state index in [2.05, 4.69) is 31.3 Å². The normalized spacial score (nSPS) is 23.8. The number of halogens is 1. The quantitative estimate of drug-likeness (QED) is 0.884. The van der Waals surface area contributed by atoms with Crippen molar-refractivity contribution in [1.29, 1.82) is 0 Å². The first-order valence-electron chi connectivity index (χ1n) is 6.65. The molecule has 18 heavy (non-hydrogen) atoms. The van der Waals surface area contributed by atoms with Crippen molar-refractivity contribution >= 4 is 11.6 Å². The van der Waals surface area contributed by atoms with E-state index in [0.29, 0.717) is 6.04 Å². The van der Waals surface area contributed by atoms with Gasteiger partial charge >= 0.3 is 0 Å². The second-order valence-corrected chi connectivity index (χ2v) is 6.08. The smallest absolute Gasteiger partial charge is 0.0538 e. The van der Waals surface area contributed by atoms with Gasteiger partial charge in [0.25, 0.3) is 0 Å². The standard InChI is InChI=1S/C15H22ClNO/c1-12(2)17-10-15(6-7-18-11-15)9-13-4-3-5-14(16)8-13/h3-5,8,12,17H,6-7,9-11H2,1-2H3. The monoisotopic (exact) mass is 267 g/mol. The van der Waals surface area contributed by atoms with Crippen LogP contribution in [-0.4, -0.2) is 25.8 Å². The van der Waals surface area contributed by atoms with Crippen molar-refractivity contribution in [3.8, 4) is 0 Å². The van der Waals surface area contributed by atoms with E-state index >= 15 is 0 Å². The molecule has 0 aliphatic carbocycles. The first-order chi connectivity index (χ1) is 8.60. The lowest BCUT2D eigenvalue weighted by atomic mass is 9.80. The van der Waals surface area contributed by atoms with Crippen molar-refractivity contribution in [3.05, 3.63) is 34.9 Å². The first kappa shape index (κ1) is 13.9. The lowest BCUT2D eigenvalue weighted by molar-refractivity contribution is 0.148. The highest BCUT2D eigenvalue weighted by atomic mass is 35.5. The van der Waals surface area contributed by atoms with Gasteiger partial charge < -0.3 is 10.1 Å². The molecule has 0 saturated carbocycles. The molecule has 3 heteroatoms. The summed E-state index contributed by atoms with van der Waals surface area (Å²) in [6.45, 7) is 7.10. The maximum absolute atomic E-state index is 6.06. The summed E-state index contributed by atoms with van der Waals surface area (Å²) >= 11 is 6.06. The maximum atomic E-state index is 6.06. The molecular weight excluding hydrogens is 246 g/mol. The van der Waals surface area contributed by atoms with Gasteiger partial charge in [0.1, 0.15) is 0 Å². The third-order valence-corrected chi connectivity index (χ3v) is 3.77. The summed E-state index contributed by atoms with van der Waals surface area (Å²) in [7, 11) is 0. The van der Waals surface area contributed by atoms with E-state index in [9.17, 15) is 0 Å². The lowest BCUT2D eigenvalue weighted by Crippen LogP contribution is -2.39.